The summed E-state index contributed by atoms with van der Waals surface area (Å²) < 4.78 is 0. The molecule has 25 heteroatoms. The number of isocyanates is 1. The lowest BCUT2D eigenvalue weighted by molar-refractivity contribution is -0.145. The monoisotopic (exact) mass is 1440 g/mol. The molecule has 103 heavy (non-hydrogen) atoms. The lowest BCUT2D eigenvalue weighted by Gasteiger charge is -2.39. The van der Waals surface area contributed by atoms with Gasteiger partial charge in [0, 0.05) is 63.5 Å². The minimum Gasteiger partial charge on any atom is -0.346 e. The molecule has 0 spiro atoms. The second-order valence-electron chi connectivity index (χ2n) is 35.0. The fraction of sp³-hybridized carbons (Fsp3) is 0.641. The van der Waals surface area contributed by atoms with Crippen LogP contribution in [0.25, 0.3) is 0 Å². The number of carbonyl (C=O) groups excluding carboxylic acids is 12. The van der Waals surface area contributed by atoms with Crippen LogP contribution < -0.4 is 37.6 Å². The molecule has 0 radical (unpaired) electrons. The van der Waals surface area contributed by atoms with Crippen molar-refractivity contribution in [2.45, 2.75) is 211 Å². The maximum absolute atomic E-state index is 14.5. The fourth-order valence-electron chi connectivity index (χ4n) is 15.0. The number of rotatable bonds is 25. The van der Waals surface area contributed by atoms with Crippen molar-refractivity contribution in [2.24, 2.45) is 78.7 Å². The Hall–Kier alpha value is -8.08. The lowest BCUT2D eigenvalue weighted by Crippen LogP contribution is -2.62. The highest BCUT2D eigenvalue weighted by molar-refractivity contribution is 6.39. The number of fused-ring (bicyclic) bond motifs is 4. The van der Waals surface area contributed by atoms with E-state index in [1.54, 1.807) is 25.7 Å². The van der Waals surface area contributed by atoms with E-state index >= 15 is 0 Å². The Kier molecular flexibility index (Phi) is 25.6. The first kappa shape index (κ1) is 82.2. The van der Waals surface area contributed by atoms with Crippen LogP contribution in [0.15, 0.2) is 78.8 Å². The van der Waals surface area contributed by atoms with Gasteiger partial charge in [-0.25, -0.2) is 14.6 Å². The standard InChI is InChI=1S/C39H56N6O6.C24H38N4O4.C15H18N2O2.ClH/c1-10-17-40-33(48)30(46)26(18-22-15-16-22)41-32(47)29-28-25(39(28,8)9)20-45(29)35(50)31(38(5,6)7)43-36(51)42-27(37(2,3)4)21-44-19-23-13-11-12-14-24(23)34(44)49;1-7-10-26-21(31)18(29)15(11-13-8-9-13)27-20(30)17-16-14(24(16,5)6)12-28(17)22(32)19(25)23(2,3)4;1-15(2,3)13(16-10-18)9-17-8-11-6-4-5-7-12(11)14(17)19;/h10-14,22,25-29,31H,1,15-21H2,2-9H3,(H,40,48)(H,41,47)(H2,42,43,51);7,13-17,19H,1,8-12,25H2,2-6H3,(H,26,31)(H,27,30);4-7,13H,8-9H2,1-3H3;1H/t25?,26?,27-,28?,29?,31-;14?,15?,16?,17?,19-;13-;/m111./s1. The number of benzene rings is 2. The molecule has 12 atom stereocenters. The van der Waals surface area contributed by atoms with Crippen LogP contribution in [0.3, 0.4) is 0 Å². The number of hydrogen-bond acceptors (Lipinski definition) is 14. The fourth-order valence-corrected chi connectivity index (χ4v) is 15.0. The average molecular weight is 1450 g/mol. The second kappa shape index (κ2) is 32.1. The summed E-state index contributed by atoms with van der Waals surface area (Å²) in [5, 5.41) is 16.7. The Bertz CT molecular complexity index is 3640. The zero-order valence-electron chi connectivity index (χ0n) is 63.3. The molecule has 4 aliphatic heterocycles. The highest BCUT2D eigenvalue weighted by atomic mass is 35.5. The van der Waals surface area contributed by atoms with E-state index in [-0.39, 0.29) is 113 Å². The van der Waals surface area contributed by atoms with E-state index < -0.39 is 93.9 Å². The van der Waals surface area contributed by atoms with Gasteiger partial charge in [-0.3, -0.25) is 47.9 Å². The van der Waals surface area contributed by atoms with Crippen LogP contribution in [0.1, 0.15) is 181 Å². The Balaban J connectivity index is 0.000000242. The molecular weight excluding hydrogens is 1330 g/mol. The third-order valence-electron chi connectivity index (χ3n) is 22.3. The van der Waals surface area contributed by atoms with Gasteiger partial charge in [-0.2, -0.15) is 0 Å². The molecule has 10 rings (SSSR count). The molecular formula is C78H113ClN12O12. The topological polar surface area (TPSA) is 328 Å². The molecule has 8 unspecified atom stereocenters. The number of amides is 10. The summed E-state index contributed by atoms with van der Waals surface area (Å²) in [6.45, 7) is 41.7. The molecule has 8 N–H and O–H groups in total. The van der Waals surface area contributed by atoms with E-state index in [2.05, 4.69) is 77.7 Å². The van der Waals surface area contributed by atoms with Gasteiger partial charge >= 0.3 is 6.03 Å². The summed E-state index contributed by atoms with van der Waals surface area (Å²) in [5.74, 6) is -3.61. The Morgan fingerprint density at radius 2 is 0.990 bits per heavy atom. The molecule has 10 amide bonds. The smallest absolute Gasteiger partial charge is 0.315 e. The molecule has 8 aliphatic rings. The van der Waals surface area contributed by atoms with Gasteiger partial charge in [-0.15, -0.1) is 25.6 Å². The normalized spacial score (nSPS) is 23.3. The highest BCUT2D eigenvalue weighted by Crippen LogP contribution is 2.66. The van der Waals surface area contributed by atoms with Crippen molar-refractivity contribution in [2.75, 3.05) is 39.3 Å². The number of likely N-dealkylation sites (tertiary alicyclic amines) is 2. The number of carbonyl (C=O) groups is 11. The molecule has 2 saturated heterocycles. The number of aliphatic imine (C=N–C) groups is 1. The number of nitrogens with one attached hydrogen (secondary N) is 6. The largest absolute Gasteiger partial charge is 0.346 e. The molecule has 0 aromatic heterocycles. The van der Waals surface area contributed by atoms with Gasteiger partial charge in [0.2, 0.25) is 41.3 Å². The zero-order chi connectivity index (χ0) is 75.7. The molecule has 6 fully saturated rings. The number of nitrogens with zero attached hydrogens (tertiary/aromatic N) is 5. The van der Waals surface area contributed by atoms with Gasteiger partial charge in [0.15, 0.2) is 0 Å². The molecule has 4 saturated carbocycles. The van der Waals surface area contributed by atoms with E-state index in [4.69, 9.17) is 5.73 Å². The lowest BCUT2D eigenvalue weighted by atomic mass is 9.85. The van der Waals surface area contributed by atoms with Crippen LogP contribution >= 0.6 is 12.4 Å². The van der Waals surface area contributed by atoms with Gasteiger partial charge in [0.05, 0.1) is 30.2 Å². The number of piperidine rings is 2. The van der Waals surface area contributed by atoms with Crippen molar-refractivity contribution in [1.29, 1.82) is 0 Å². The highest BCUT2D eigenvalue weighted by Gasteiger charge is 2.71. The molecule has 0 bridgehead atoms. The van der Waals surface area contributed by atoms with Crippen LogP contribution in [0.2, 0.25) is 0 Å². The first-order valence-electron chi connectivity index (χ1n) is 36.2. The minimum atomic E-state index is -1.00. The van der Waals surface area contributed by atoms with Crippen LogP contribution in [-0.4, -0.2) is 178 Å². The van der Waals surface area contributed by atoms with Gasteiger partial charge in [-0.05, 0) is 104 Å². The summed E-state index contributed by atoms with van der Waals surface area (Å²) in [6, 6.07) is 8.73. The van der Waals surface area contributed by atoms with E-state index in [1.807, 2.05) is 132 Å². The molecule has 2 aromatic carbocycles. The maximum atomic E-state index is 14.5. The minimum absolute atomic E-state index is 0. The molecule has 564 valence electrons. The summed E-state index contributed by atoms with van der Waals surface area (Å²) in [5.41, 5.74) is 7.64. The van der Waals surface area contributed by atoms with Gasteiger partial charge in [0.1, 0.15) is 18.1 Å². The third-order valence-corrected chi connectivity index (χ3v) is 22.3. The Morgan fingerprint density at radius 3 is 1.35 bits per heavy atom. The number of hydrogen-bond donors (Lipinski definition) is 7. The average Bonchev–Trinajstić information content (AvgIpc) is 1.53. The first-order valence-corrected chi connectivity index (χ1v) is 36.2. The predicted molar refractivity (Wildman–Crippen MR) is 394 cm³/mol. The SMILES string of the molecule is C=CCNC(=O)C(=O)C(CC1CC1)NC(=O)C1C2C(CN1C(=O)[C@@H](N)C(C)(C)C)C2(C)C.C=CCNC(=O)C(=O)C(CC1CC1)NC(=O)C1C2C(CN1C(=O)[C@@H](NC(=O)N[C@H](CN1Cc3ccccc3C1=O)C(C)(C)C)C(C)(C)C)C2(C)C.CC(C)(C)[C@@H](CN1Cc2ccccc2C1=O)N=C=O.Cl. The van der Waals surface area contributed by atoms with Crippen molar-refractivity contribution in [3.8, 4) is 0 Å². The maximum Gasteiger partial charge on any atom is 0.315 e. The van der Waals surface area contributed by atoms with E-state index in [0.29, 0.717) is 57.0 Å². The first-order chi connectivity index (χ1) is 47.5. The van der Waals surface area contributed by atoms with Crippen molar-refractivity contribution in [1.82, 2.24) is 51.5 Å². The van der Waals surface area contributed by atoms with E-state index in [1.165, 1.54) is 12.2 Å². The number of ketones is 2. The van der Waals surface area contributed by atoms with E-state index in [9.17, 15) is 57.5 Å². The Labute approximate surface area is 614 Å². The van der Waals surface area contributed by atoms with Crippen molar-refractivity contribution in [3.63, 3.8) is 0 Å². The molecule has 2 aromatic rings. The van der Waals surface area contributed by atoms with Gasteiger partial charge in [0.25, 0.3) is 23.6 Å². The molecule has 4 aliphatic carbocycles. The van der Waals surface area contributed by atoms with Crippen LogP contribution in [0, 0.1) is 68.0 Å². The summed E-state index contributed by atoms with van der Waals surface area (Å²) in [4.78, 5) is 166. The number of urea groups is 1. The van der Waals surface area contributed by atoms with Crippen LogP contribution in [0.5, 0.6) is 0 Å². The second-order valence-corrected chi connectivity index (χ2v) is 35.0. The Morgan fingerprint density at radius 1 is 0.583 bits per heavy atom. The van der Waals surface area contributed by atoms with Crippen molar-refractivity contribution < 1.29 is 57.5 Å². The van der Waals surface area contributed by atoms with E-state index in [0.717, 1.165) is 42.4 Å². The van der Waals surface area contributed by atoms with Crippen LogP contribution in [0.4, 0.5) is 4.79 Å². The number of halogens is 1. The van der Waals surface area contributed by atoms with Gasteiger partial charge < -0.3 is 57.2 Å². The zero-order valence-corrected chi connectivity index (χ0v) is 64.1. The van der Waals surface area contributed by atoms with Crippen molar-refractivity contribution >= 4 is 83.3 Å². The quantitative estimate of drug-likeness (QED) is 0.0224. The number of nitrogens with two attached hydrogens (primary N) is 1. The van der Waals surface area contributed by atoms with Crippen molar-refractivity contribution in [3.05, 3.63) is 96.1 Å². The summed E-state index contributed by atoms with van der Waals surface area (Å²) >= 11 is 0. The number of Topliss-reactive ketones (excluding diaryl/α,β-unsaturated/α-hetero) is 2. The predicted octanol–water partition coefficient (Wildman–Crippen LogP) is 7.22. The summed E-state index contributed by atoms with van der Waals surface area (Å²) in [7, 11) is 0. The van der Waals surface area contributed by atoms with Gasteiger partial charge in [-0.1, -0.05) is 185 Å². The summed E-state index contributed by atoms with van der Waals surface area (Å²) in [6.07, 6.45) is 9.23. The third kappa shape index (κ3) is 19.3. The molecule has 24 nitrogen and oxygen atoms in total. The van der Waals surface area contributed by atoms with Crippen LogP contribution in [-0.2, 0) is 56.2 Å². The molecule has 4 heterocycles.